The number of likely N-dealkylation sites (tertiary alicyclic amines) is 1. The molecule has 4 aromatic rings. The second kappa shape index (κ2) is 14.8. The zero-order valence-electron chi connectivity index (χ0n) is 34.3. The van der Waals surface area contributed by atoms with Crippen molar-refractivity contribution in [1.82, 2.24) is 34.0 Å². The summed E-state index contributed by atoms with van der Waals surface area (Å²) in [5.41, 5.74) is 4.69. The molecule has 2 N–H and O–H groups in total. The first-order chi connectivity index (χ1) is 29.5. The molecule has 2 bridgehead atoms. The number of rotatable bonds is 9. The van der Waals surface area contributed by atoms with E-state index in [4.69, 9.17) is 4.98 Å². The maximum absolute atomic E-state index is 14.0. The Bertz CT molecular complexity index is 2630. The van der Waals surface area contributed by atoms with E-state index in [1.165, 1.54) is 12.0 Å². The minimum absolute atomic E-state index is 0.0106. The Hall–Kier alpha value is -4.99. The van der Waals surface area contributed by atoms with Gasteiger partial charge < -0.3 is 10.2 Å². The standard InChI is InChI=1S/C46H52N8O6S/c55-40-12-11-39(43(57)49-40)53-27-31-20-33(9-10-37(31)44(53)58)46-21-29-19-38(46)32(22-46)26-51(25-29)24-28-4-3-7-36(18-28)61(59,60)52-16-14-34(15-17-52)48-45-47-23-30-8-13-41(56)54(42(30)50-45)35-5-1-2-6-35/h3-4,7-10,13,18,20,23,29,32,34-35,38-39H,1-2,5-6,11-12,14-17,19,21-22,24-27H2,(H,47,48,50)(H,49,55,57). The molecule has 318 valence electrons. The first-order valence-corrected chi connectivity index (χ1v) is 23.7. The molecule has 3 saturated heterocycles. The smallest absolute Gasteiger partial charge is 0.255 e. The third-order valence-electron chi connectivity index (χ3n) is 15.3. The lowest BCUT2D eigenvalue weighted by molar-refractivity contribution is -0.136. The summed E-state index contributed by atoms with van der Waals surface area (Å²) in [4.78, 5) is 64.4. The fraction of sp³-hybridized carbons (Fsp3) is 0.522. The quantitative estimate of drug-likeness (QED) is 0.225. The van der Waals surface area contributed by atoms with Crippen molar-refractivity contribution in [3.8, 4) is 0 Å². The molecular formula is C46H52N8O6S. The van der Waals surface area contributed by atoms with Crippen molar-refractivity contribution < 1.29 is 22.8 Å². The summed E-state index contributed by atoms with van der Waals surface area (Å²) in [6.07, 6.45) is 11.1. The molecule has 5 atom stereocenters. The maximum Gasteiger partial charge on any atom is 0.255 e. The summed E-state index contributed by atoms with van der Waals surface area (Å²) in [6.45, 7) is 3.84. The fourth-order valence-electron chi connectivity index (χ4n) is 12.5. The van der Waals surface area contributed by atoms with Crippen LogP contribution in [-0.4, -0.2) is 93.0 Å². The Balaban J connectivity index is 0.715. The van der Waals surface area contributed by atoms with Gasteiger partial charge in [0.1, 0.15) is 11.7 Å². The first kappa shape index (κ1) is 38.9. The highest BCUT2D eigenvalue weighted by atomic mass is 32.2. The van der Waals surface area contributed by atoms with Crippen LogP contribution in [0.25, 0.3) is 11.0 Å². The lowest BCUT2D eigenvalue weighted by Gasteiger charge is -2.54. The number of benzene rings is 2. The van der Waals surface area contributed by atoms with E-state index in [1.54, 1.807) is 33.6 Å². The zero-order valence-corrected chi connectivity index (χ0v) is 35.1. The van der Waals surface area contributed by atoms with Gasteiger partial charge in [-0.05, 0) is 115 Å². The number of carbonyl (C=O) groups is 3. The fourth-order valence-corrected chi connectivity index (χ4v) is 14.0. The Morgan fingerprint density at radius 2 is 1.74 bits per heavy atom. The number of hydrogen-bond donors (Lipinski definition) is 2. The second-order valence-corrected chi connectivity index (χ2v) is 20.9. The molecule has 2 aromatic carbocycles. The number of fused-ring (bicyclic) bond motifs is 3. The van der Waals surface area contributed by atoms with E-state index >= 15 is 0 Å². The van der Waals surface area contributed by atoms with Crippen LogP contribution < -0.4 is 16.2 Å². The van der Waals surface area contributed by atoms with Gasteiger partial charge in [-0.2, -0.15) is 9.29 Å². The monoisotopic (exact) mass is 844 g/mol. The molecule has 3 amide bonds. The van der Waals surface area contributed by atoms with Gasteiger partial charge in [-0.3, -0.25) is 34.0 Å². The molecule has 0 radical (unpaired) electrons. The predicted octanol–water partition coefficient (Wildman–Crippen LogP) is 4.73. The van der Waals surface area contributed by atoms with E-state index in [0.29, 0.717) is 85.2 Å². The van der Waals surface area contributed by atoms with E-state index < -0.39 is 16.1 Å². The van der Waals surface area contributed by atoms with Gasteiger partial charge in [0.05, 0.1) is 4.90 Å². The predicted molar refractivity (Wildman–Crippen MR) is 227 cm³/mol. The second-order valence-electron chi connectivity index (χ2n) is 18.9. The summed E-state index contributed by atoms with van der Waals surface area (Å²) < 4.78 is 31.5. The number of piperidine rings is 2. The molecule has 3 saturated carbocycles. The summed E-state index contributed by atoms with van der Waals surface area (Å²) in [5, 5.41) is 6.67. The number of imide groups is 1. The van der Waals surface area contributed by atoms with Crippen molar-refractivity contribution in [3.05, 3.63) is 93.4 Å². The molecule has 4 aliphatic heterocycles. The van der Waals surface area contributed by atoms with Crippen LogP contribution in [0.1, 0.15) is 104 Å². The van der Waals surface area contributed by atoms with E-state index in [-0.39, 0.29) is 47.2 Å². The number of amides is 3. The highest BCUT2D eigenvalue weighted by Gasteiger charge is 2.61. The summed E-state index contributed by atoms with van der Waals surface area (Å²) in [7, 11) is -3.69. The Morgan fingerprint density at radius 3 is 2.56 bits per heavy atom. The molecule has 14 nitrogen and oxygen atoms in total. The highest BCUT2D eigenvalue weighted by molar-refractivity contribution is 7.89. The van der Waals surface area contributed by atoms with Crippen LogP contribution in [0.2, 0.25) is 0 Å². The Kier molecular flexibility index (Phi) is 9.46. The van der Waals surface area contributed by atoms with Crippen LogP contribution in [0.15, 0.2) is 70.5 Å². The van der Waals surface area contributed by atoms with Crippen LogP contribution in [0.3, 0.4) is 0 Å². The van der Waals surface area contributed by atoms with E-state index in [0.717, 1.165) is 68.1 Å². The van der Waals surface area contributed by atoms with Crippen molar-refractivity contribution in [2.75, 3.05) is 31.5 Å². The van der Waals surface area contributed by atoms with Crippen molar-refractivity contribution in [1.29, 1.82) is 0 Å². The summed E-state index contributed by atoms with van der Waals surface area (Å²) in [6, 6.07) is 16.8. The Labute approximate surface area is 355 Å². The van der Waals surface area contributed by atoms with Gasteiger partial charge in [0.2, 0.25) is 27.8 Å². The van der Waals surface area contributed by atoms with Gasteiger partial charge in [-0.15, -0.1) is 0 Å². The van der Waals surface area contributed by atoms with Gasteiger partial charge in [-0.1, -0.05) is 37.1 Å². The van der Waals surface area contributed by atoms with Gasteiger partial charge in [0.15, 0.2) is 0 Å². The minimum Gasteiger partial charge on any atom is -0.351 e. The first-order valence-electron chi connectivity index (χ1n) is 22.3. The highest BCUT2D eigenvalue weighted by Crippen LogP contribution is 2.65. The van der Waals surface area contributed by atoms with E-state index in [2.05, 4.69) is 32.7 Å². The summed E-state index contributed by atoms with van der Waals surface area (Å²) in [5.74, 6) is 1.33. The molecule has 61 heavy (non-hydrogen) atoms. The van der Waals surface area contributed by atoms with E-state index in [1.807, 2.05) is 28.8 Å². The van der Waals surface area contributed by atoms with Crippen molar-refractivity contribution in [2.24, 2.45) is 17.8 Å². The number of anilines is 1. The number of sulfonamides is 1. The molecule has 15 heteroatoms. The number of pyridine rings is 1. The van der Waals surface area contributed by atoms with Gasteiger partial charge >= 0.3 is 0 Å². The number of nitrogens with one attached hydrogen (secondary N) is 2. The van der Waals surface area contributed by atoms with Crippen LogP contribution >= 0.6 is 0 Å². The largest absolute Gasteiger partial charge is 0.351 e. The lowest BCUT2D eigenvalue weighted by Crippen LogP contribution is -2.52. The number of carbonyl (C=O) groups excluding carboxylic acids is 3. The number of aromatic nitrogens is 3. The van der Waals surface area contributed by atoms with Crippen LogP contribution in [0.5, 0.6) is 0 Å². The average Bonchev–Trinajstić information content (AvgIpc) is 3.94. The lowest BCUT2D eigenvalue weighted by atomic mass is 9.52. The molecule has 3 aliphatic carbocycles. The van der Waals surface area contributed by atoms with Crippen LogP contribution in [0, 0.1) is 17.8 Å². The molecule has 6 heterocycles. The van der Waals surface area contributed by atoms with Crippen LogP contribution in [-0.2, 0) is 38.1 Å². The van der Waals surface area contributed by atoms with E-state index in [9.17, 15) is 27.6 Å². The minimum atomic E-state index is -3.69. The number of nitrogens with zero attached hydrogens (tertiary/aromatic N) is 6. The topological polar surface area (TPSA) is 167 Å². The van der Waals surface area contributed by atoms with Crippen molar-refractivity contribution in [2.45, 2.75) is 112 Å². The maximum atomic E-state index is 14.0. The molecule has 6 fully saturated rings. The third kappa shape index (κ3) is 6.69. The van der Waals surface area contributed by atoms with Gasteiger partial charge in [0.25, 0.3) is 11.5 Å². The van der Waals surface area contributed by atoms with Crippen molar-refractivity contribution >= 4 is 44.7 Å². The van der Waals surface area contributed by atoms with Gasteiger partial charge in [0, 0.05) is 81.0 Å². The molecular weight excluding hydrogens is 793 g/mol. The van der Waals surface area contributed by atoms with Crippen molar-refractivity contribution in [3.63, 3.8) is 0 Å². The molecule has 11 rings (SSSR count). The number of hydrogen-bond acceptors (Lipinski definition) is 10. The molecule has 0 spiro atoms. The molecule has 7 aliphatic rings. The zero-order chi connectivity index (χ0) is 41.6. The Morgan fingerprint density at radius 1 is 0.902 bits per heavy atom. The normalized spacial score (nSPS) is 28.5. The third-order valence-corrected chi connectivity index (χ3v) is 17.2. The SMILES string of the molecule is O=C1CCC(N2Cc3cc(C45CC6CC4C(CN(Cc4cccc(S(=O)(=O)N7CCC(Nc8ncc9ccc(=O)n(C%10CCCC%10)c9n8)CC7)c4)C6)C5)ccc3C2=O)C(=O)N1. The van der Waals surface area contributed by atoms with Crippen LogP contribution in [0.4, 0.5) is 5.95 Å². The van der Waals surface area contributed by atoms with Gasteiger partial charge in [-0.25, -0.2) is 13.4 Å². The average molecular weight is 845 g/mol. The molecule has 5 unspecified atom stereocenters. The summed E-state index contributed by atoms with van der Waals surface area (Å²) >= 11 is 0. The molecule has 2 aromatic heterocycles.